The Kier molecular flexibility index (Phi) is 4.68. The molecule has 0 spiro atoms. The summed E-state index contributed by atoms with van der Waals surface area (Å²) < 4.78 is 0. The molecule has 0 aromatic heterocycles. The lowest BCUT2D eigenvalue weighted by Crippen LogP contribution is -2.42. The van der Waals surface area contributed by atoms with Gasteiger partial charge in [-0.25, -0.2) is 0 Å². The first-order chi connectivity index (χ1) is 9.22. The van der Waals surface area contributed by atoms with Gasteiger partial charge >= 0.3 is 0 Å². The van der Waals surface area contributed by atoms with E-state index in [1.165, 1.54) is 0 Å². The van der Waals surface area contributed by atoms with E-state index in [4.69, 9.17) is 5.11 Å². The van der Waals surface area contributed by atoms with Gasteiger partial charge in [0.2, 0.25) is 5.91 Å². The highest BCUT2D eigenvalue weighted by atomic mass is 16.3. The Morgan fingerprint density at radius 2 is 2.05 bits per heavy atom. The molecular weight excluding hydrogens is 240 g/mol. The molecule has 0 saturated carbocycles. The molecule has 0 aliphatic carbocycles. The van der Waals surface area contributed by atoms with Crippen molar-refractivity contribution < 1.29 is 9.90 Å². The molecule has 2 rings (SSSR count). The van der Waals surface area contributed by atoms with Gasteiger partial charge in [-0.2, -0.15) is 0 Å². The highest BCUT2D eigenvalue weighted by Gasteiger charge is 2.24. The van der Waals surface area contributed by atoms with Crippen LogP contribution in [0.2, 0.25) is 0 Å². The van der Waals surface area contributed by atoms with Gasteiger partial charge < -0.3 is 5.11 Å². The molecule has 1 N–H and O–H groups in total. The van der Waals surface area contributed by atoms with Gasteiger partial charge in [-0.05, 0) is 18.9 Å². The molecule has 1 fully saturated rings. The predicted molar refractivity (Wildman–Crippen MR) is 74.9 cm³/mol. The maximum atomic E-state index is 11.8. The van der Waals surface area contributed by atoms with E-state index in [-0.39, 0.29) is 18.6 Å². The lowest BCUT2D eigenvalue weighted by atomic mass is 10.1. The van der Waals surface area contributed by atoms with Crippen molar-refractivity contribution in [3.63, 3.8) is 0 Å². The van der Waals surface area contributed by atoms with Crippen molar-refractivity contribution in [2.45, 2.75) is 32.2 Å². The molecule has 4 heteroatoms. The predicted octanol–water partition coefficient (Wildman–Crippen LogP) is 2.15. The zero-order chi connectivity index (χ0) is 13.7. The number of benzene rings is 1. The number of amides is 1. The Morgan fingerprint density at radius 3 is 2.74 bits per heavy atom. The molecule has 1 unspecified atom stereocenters. The van der Waals surface area contributed by atoms with Crippen molar-refractivity contribution in [3.8, 4) is 0 Å². The van der Waals surface area contributed by atoms with Gasteiger partial charge in [0, 0.05) is 12.8 Å². The summed E-state index contributed by atoms with van der Waals surface area (Å²) in [5.74, 6) is 0.876. The van der Waals surface area contributed by atoms with Crippen LogP contribution in [-0.4, -0.2) is 34.9 Å². The number of aliphatic hydroxyl groups is 1. The Hall–Kier alpha value is -1.68. The molecule has 1 atom stereocenters. The number of carbonyl (C=O) groups excluding carboxylic acids is 1. The van der Waals surface area contributed by atoms with Gasteiger partial charge in [0.05, 0.1) is 19.2 Å². The quantitative estimate of drug-likeness (QED) is 0.901. The van der Waals surface area contributed by atoms with Crippen LogP contribution in [0, 0.1) is 0 Å². The molecule has 1 heterocycles. The lowest BCUT2D eigenvalue weighted by molar-refractivity contribution is -0.128. The summed E-state index contributed by atoms with van der Waals surface area (Å²) in [5, 5.41) is 9.06. The smallest absolute Gasteiger partial charge is 0.227 e. The molecular formula is C15H20N2O2. The number of hydrogen-bond donors (Lipinski definition) is 1. The molecule has 0 bridgehead atoms. The van der Waals surface area contributed by atoms with Crippen LogP contribution in [0.5, 0.6) is 0 Å². The standard InChI is InChI=1S/C15H20N2O2/c1-12(13-6-3-2-4-7-13)16-14-8-5-9-15(19)17(14)10-11-18/h2-4,6-7,12,18H,5,8-11H2,1H3. The van der Waals surface area contributed by atoms with Crippen LogP contribution in [-0.2, 0) is 4.79 Å². The third-order valence-electron chi connectivity index (χ3n) is 3.35. The molecule has 1 aliphatic heterocycles. The van der Waals surface area contributed by atoms with Crippen molar-refractivity contribution in [1.29, 1.82) is 0 Å². The normalized spacial score (nSPS) is 19.8. The van der Waals surface area contributed by atoms with Crippen LogP contribution < -0.4 is 0 Å². The van der Waals surface area contributed by atoms with E-state index in [1.54, 1.807) is 4.90 Å². The van der Waals surface area contributed by atoms with Crippen molar-refractivity contribution in [2.75, 3.05) is 13.2 Å². The minimum atomic E-state index is -0.0233. The number of hydrogen-bond acceptors (Lipinski definition) is 3. The van der Waals surface area contributed by atoms with E-state index in [9.17, 15) is 4.79 Å². The molecule has 1 amide bonds. The summed E-state index contributed by atoms with van der Waals surface area (Å²) in [5.41, 5.74) is 1.14. The average molecular weight is 260 g/mol. The zero-order valence-electron chi connectivity index (χ0n) is 11.2. The fourth-order valence-electron chi connectivity index (χ4n) is 2.33. The average Bonchev–Trinajstić information content (AvgIpc) is 2.43. The molecule has 1 aliphatic rings. The number of carbonyl (C=O) groups is 1. The number of rotatable bonds is 4. The van der Waals surface area contributed by atoms with Gasteiger partial charge in [-0.1, -0.05) is 30.3 Å². The van der Waals surface area contributed by atoms with Crippen molar-refractivity contribution in [1.82, 2.24) is 4.90 Å². The minimum absolute atomic E-state index is 0.0233. The summed E-state index contributed by atoms with van der Waals surface area (Å²) in [6.45, 7) is 2.35. The summed E-state index contributed by atoms with van der Waals surface area (Å²) in [6, 6.07) is 10.1. The van der Waals surface area contributed by atoms with E-state index in [0.29, 0.717) is 13.0 Å². The van der Waals surface area contributed by atoms with Crippen molar-refractivity contribution >= 4 is 11.7 Å². The summed E-state index contributed by atoms with van der Waals surface area (Å²) >= 11 is 0. The number of aliphatic imine (C=N–C) groups is 1. The first-order valence-corrected chi connectivity index (χ1v) is 6.75. The van der Waals surface area contributed by atoms with E-state index in [1.807, 2.05) is 37.3 Å². The number of aliphatic hydroxyl groups excluding tert-OH is 1. The highest BCUT2D eigenvalue weighted by Crippen LogP contribution is 2.20. The highest BCUT2D eigenvalue weighted by molar-refractivity contribution is 6.00. The second-order valence-corrected chi connectivity index (χ2v) is 4.75. The first kappa shape index (κ1) is 13.7. The monoisotopic (exact) mass is 260 g/mol. The van der Waals surface area contributed by atoms with Gasteiger partial charge in [-0.3, -0.25) is 14.7 Å². The van der Waals surface area contributed by atoms with Crippen LogP contribution in [0.1, 0.15) is 37.8 Å². The maximum Gasteiger partial charge on any atom is 0.227 e. The third kappa shape index (κ3) is 3.41. The largest absolute Gasteiger partial charge is 0.395 e. The van der Waals surface area contributed by atoms with Gasteiger partial charge in [0.1, 0.15) is 5.84 Å². The molecule has 0 radical (unpaired) electrons. The Bertz CT molecular complexity index is 456. The number of likely N-dealkylation sites (tertiary alicyclic amines) is 1. The van der Waals surface area contributed by atoms with Crippen LogP contribution >= 0.6 is 0 Å². The van der Waals surface area contributed by atoms with Gasteiger partial charge in [0.25, 0.3) is 0 Å². The SMILES string of the molecule is CC(N=C1CCCC(=O)N1CCO)c1ccccc1. The molecule has 19 heavy (non-hydrogen) atoms. The van der Waals surface area contributed by atoms with E-state index in [2.05, 4.69) is 4.99 Å². The minimum Gasteiger partial charge on any atom is -0.395 e. The second kappa shape index (κ2) is 6.48. The Balaban J connectivity index is 2.17. The second-order valence-electron chi connectivity index (χ2n) is 4.75. The first-order valence-electron chi connectivity index (χ1n) is 6.75. The third-order valence-corrected chi connectivity index (χ3v) is 3.35. The Labute approximate surface area is 113 Å². The number of β-amino-alcohol motifs (C(OH)–C–C–N with tert-alkyl or cyclic N) is 1. The number of amidine groups is 1. The maximum absolute atomic E-state index is 11.8. The fourth-order valence-corrected chi connectivity index (χ4v) is 2.33. The lowest BCUT2D eigenvalue weighted by Gasteiger charge is -2.28. The van der Waals surface area contributed by atoms with Gasteiger partial charge in [-0.15, -0.1) is 0 Å². The topological polar surface area (TPSA) is 52.9 Å². The van der Waals surface area contributed by atoms with Crippen molar-refractivity contribution in [3.05, 3.63) is 35.9 Å². The van der Waals surface area contributed by atoms with E-state index >= 15 is 0 Å². The van der Waals surface area contributed by atoms with Crippen LogP contribution in [0.3, 0.4) is 0 Å². The summed E-state index contributed by atoms with van der Waals surface area (Å²) in [4.78, 5) is 18.1. The van der Waals surface area contributed by atoms with Crippen LogP contribution in [0.15, 0.2) is 35.3 Å². The zero-order valence-corrected chi connectivity index (χ0v) is 11.2. The summed E-state index contributed by atoms with van der Waals surface area (Å²) in [6.07, 6.45) is 2.21. The molecule has 102 valence electrons. The van der Waals surface area contributed by atoms with E-state index < -0.39 is 0 Å². The number of nitrogens with zero attached hydrogens (tertiary/aromatic N) is 2. The van der Waals surface area contributed by atoms with Gasteiger partial charge in [0.15, 0.2) is 0 Å². The molecule has 1 saturated heterocycles. The molecule has 4 nitrogen and oxygen atoms in total. The van der Waals surface area contributed by atoms with Crippen LogP contribution in [0.25, 0.3) is 0 Å². The number of piperidine rings is 1. The van der Waals surface area contributed by atoms with Crippen LogP contribution in [0.4, 0.5) is 0 Å². The molecule has 1 aromatic carbocycles. The van der Waals surface area contributed by atoms with E-state index in [0.717, 1.165) is 24.2 Å². The molecule has 1 aromatic rings. The summed E-state index contributed by atoms with van der Waals surface area (Å²) in [7, 11) is 0. The fraction of sp³-hybridized carbons (Fsp3) is 0.467. The van der Waals surface area contributed by atoms with Crippen molar-refractivity contribution in [2.24, 2.45) is 4.99 Å². The Morgan fingerprint density at radius 1 is 1.32 bits per heavy atom.